The smallest absolute Gasteiger partial charge is 0.244 e. The molecule has 1 aliphatic heterocycles. The standard InChI is InChI=1S/C14H22BrN3O2S/c1-10-8-18(9-13(10)17(2)3)21(19,20)14-6-11(7-16)4-5-12(14)15/h4-6,10,13H,7-9,16H2,1-3H3. The molecule has 2 rings (SSSR count). The Morgan fingerprint density at radius 3 is 2.57 bits per heavy atom. The first-order chi connectivity index (χ1) is 9.77. The highest BCUT2D eigenvalue weighted by molar-refractivity contribution is 9.10. The van der Waals surface area contributed by atoms with Crippen molar-refractivity contribution in [3.8, 4) is 0 Å². The van der Waals surface area contributed by atoms with Gasteiger partial charge in [0, 0.05) is 30.1 Å². The van der Waals surface area contributed by atoms with E-state index < -0.39 is 10.0 Å². The summed E-state index contributed by atoms with van der Waals surface area (Å²) in [4.78, 5) is 2.39. The summed E-state index contributed by atoms with van der Waals surface area (Å²) in [5.41, 5.74) is 6.43. The minimum Gasteiger partial charge on any atom is -0.326 e. The fraction of sp³-hybridized carbons (Fsp3) is 0.571. The van der Waals surface area contributed by atoms with Gasteiger partial charge in [-0.25, -0.2) is 8.42 Å². The van der Waals surface area contributed by atoms with Crippen molar-refractivity contribution in [3.05, 3.63) is 28.2 Å². The van der Waals surface area contributed by atoms with E-state index in [-0.39, 0.29) is 6.04 Å². The largest absolute Gasteiger partial charge is 0.326 e. The van der Waals surface area contributed by atoms with Crippen molar-refractivity contribution in [2.45, 2.75) is 24.4 Å². The second kappa shape index (κ2) is 6.34. The molecule has 21 heavy (non-hydrogen) atoms. The maximum Gasteiger partial charge on any atom is 0.244 e. The summed E-state index contributed by atoms with van der Waals surface area (Å²) in [5.74, 6) is 0.311. The minimum atomic E-state index is -3.50. The average Bonchev–Trinajstić information content (AvgIpc) is 2.82. The quantitative estimate of drug-likeness (QED) is 0.865. The molecule has 0 radical (unpaired) electrons. The van der Waals surface area contributed by atoms with E-state index in [1.54, 1.807) is 16.4 Å². The van der Waals surface area contributed by atoms with Gasteiger partial charge in [0.25, 0.3) is 0 Å². The lowest BCUT2D eigenvalue weighted by molar-refractivity contribution is 0.263. The zero-order chi connectivity index (χ0) is 15.8. The molecule has 0 aromatic heterocycles. The van der Waals surface area contributed by atoms with E-state index in [0.717, 1.165) is 5.56 Å². The molecule has 1 fully saturated rings. The van der Waals surface area contributed by atoms with Gasteiger partial charge in [-0.05, 0) is 53.6 Å². The van der Waals surface area contributed by atoms with Gasteiger partial charge < -0.3 is 10.6 Å². The summed E-state index contributed by atoms with van der Waals surface area (Å²) in [6, 6.07) is 5.49. The van der Waals surface area contributed by atoms with Gasteiger partial charge in [0.1, 0.15) is 0 Å². The molecule has 1 aromatic rings. The Morgan fingerprint density at radius 2 is 2.05 bits per heavy atom. The summed E-state index contributed by atoms with van der Waals surface area (Å²) < 4.78 is 27.9. The lowest BCUT2D eigenvalue weighted by Crippen LogP contribution is -2.35. The van der Waals surface area contributed by atoms with Gasteiger partial charge in [0.15, 0.2) is 0 Å². The first-order valence-electron chi connectivity index (χ1n) is 6.92. The number of hydrogen-bond donors (Lipinski definition) is 1. The van der Waals surface area contributed by atoms with Crippen LogP contribution in [0.2, 0.25) is 0 Å². The molecule has 2 N–H and O–H groups in total. The van der Waals surface area contributed by atoms with Crippen LogP contribution in [-0.2, 0) is 16.6 Å². The van der Waals surface area contributed by atoms with E-state index in [1.807, 2.05) is 20.2 Å². The van der Waals surface area contributed by atoms with E-state index >= 15 is 0 Å². The summed E-state index contributed by atoms with van der Waals surface area (Å²) in [5, 5.41) is 0. The Morgan fingerprint density at radius 1 is 1.38 bits per heavy atom. The van der Waals surface area contributed by atoms with Crippen LogP contribution in [0, 0.1) is 5.92 Å². The van der Waals surface area contributed by atoms with Crippen molar-refractivity contribution < 1.29 is 8.42 Å². The number of benzene rings is 1. The van der Waals surface area contributed by atoms with Crippen molar-refractivity contribution >= 4 is 26.0 Å². The van der Waals surface area contributed by atoms with E-state index in [4.69, 9.17) is 5.73 Å². The van der Waals surface area contributed by atoms with E-state index in [1.165, 1.54) is 0 Å². The average molecular weight is 376 g/mol. The molecular weight excluding hydrogens is 354 g/mol. The molecule has 118 valence electrons. The zero-order valence-corrected chi connectivity index (χ0v) is 15.0. The summed E-state index contributed by atoms with van der Waals surface area (Å²) in [7, 11) is 0.480. The molecule has 1 aliphatic rings. The van der Waals surface area contributed by atoms with Crippen LogP contribution in [0.4, 0.5) is 0 Å². The predicted octanol–water partition coefficient (Wildman–Crippen LogP) is 1.48. The summed E-state index contributed by atoms with van der Waals surface area (Å²) in [6.07, 6.45) is 0. The Bertz CT molecular complexity index is 619. The van der Waals surface area contributed by atoms with Gasteiger partial charge >= 0.3 is 0 Å². The van der Waals surface area contributed by atoms with Gasteiger partial charge in [-0.3, -0.25) is 0 Å². The molecule has 1 heterocycles. The Labute approximate surface area is 135 Å². The van der Waals surface area contributed by atoms with E-state index in [9.17, 15) is 8.42 Å². The van der Waals surface area contributed by atoms with Crippen LogP contribution >= 0.6 is 15.9 Å². The lowest BCUT2D eigenvalue weighted by atomic mass is 10.1. The SMILES string of the molecule is CC1CN(S(=O)(=O)c2cc(CN)ccc2Br)CC1N(C)C. The monoisotopic (exact) mass is 375 g/mol. The van der Waals surface area contributed by atoms with Crippen LogP contribution in [0.5, 0.6) is 0 Å². The van der Waals surface area contributed by atoms with Crippen LogP contribution in [0.25, 0.3) is 0 Å². The van der Waals surface area contributed by atoms with E-state index in [0.29, 0.717) is 34.9 Å². The third-order valence-electron chi connectivity index (χ3n) is 4.05. The van der Waals surface area contributed by atoms with Gasteiger partial charge in [0.05, 0.1) is 4.90 Å². The molecule has 2 unspecified atom stereocenters. The Hall–Kier alpha value is -0.470. The zero-order valence-electron chi connectivity index (χ0n) is 12.6. The van der Waals surface area contributed by atoms with Crippen LogP contribution in [0.3, 0.4) is 0 Å². The fourth-order valence-corrected chi connectivity index (χ4v) is 5.32. The van der Waals surface area contributed by atoms with Crippen LogP contribution in [0.15, 0.2) is 27.6 Å². The molecule has 7 heteroatoms. The van der Waals surface area contributed by atoms with Gasteiger partial charge in [-0.15, -0.1) is 0 Å². The number of hydrogen-bond acceptors (Lipinski definition) is 4. The molecule has 0 spiro atoms. The third-order valence-corrected chi connectivity index (χ3v) is 6.88. The lowest BCUT2D eigenvalue weighted by Gasteiger charge is -2.22. The van der Waals surface area contributed by atoms with Crippen LogP contribution < -0.4 is 5.73 Å². The number of nitrogens with zero attached hydrogens (tertiary/aromatic N) is 2. The van der Waals surface area contributed by atoms with E-state index in [2.05, 4.69) is 27.8 Å². The Kier molecular flexibility index (Phi) is 5.10. The molecule has 1 aromatic carbocycles. The minimum absolute atomic E-state index is 0.247. The predicted molar refractivity (Wildman–Crippen MR) is 87.4 cm³/mol. The highest BCUT2D eigenvalue weighted by Gasteiger charge is 2.38. The van der Waals surface area contributed by atoms with Crippen molar-refractivity contribution in [1.29, 1.82) is 0 Å². The topological polar surface area (TPSA) is 66.6 Å². The van der Waals surface area contributed by atoms with Crippen molar-refractivity contribution in [3.63, 3.8) is 0 Å². The first-order valence-corrected chi connectivity index (χ1v) is 9.15. The summed E-state index contributed by atoms with van der Waals surface area (Å²) in [6.45, 7) is 3.48. The number of sulfonamides is 1. The fourth-order valence-electron chi connectivity index (χ4n) is 2.79. The van der Waals surface area contributed by atoms with Gasteiger partial charge in [-0.2, -0.15) is 4.31 Å². The molecule has 0 amide bonds. The van der Waals surface area contributed by atoms with Crippen molar-refractivity contribution in [2.24, 2.45) is 11.7 Å². The number of likely N-dealkylation sites (N-methyl/N-ethyl adjacent to an activating group) is 1. The number of nitrogens with two attached hydrogens (primary N) is 1. The van der Waals surface area contributed by atoms with Gasteiger partial charge in [0.2, 0.25) is 10.0 Å². The summed E-state index contributed by atoms with van der Waals surface area (Å²) >= 11 is 3.34. The molecule has 2 atom stereocenters. The second-order valence-electron chi connectivity index (χ2n) is 5.80. The second-order valence-corrected chi connectivity index (χ2v) is 8.56. The molecule has 5 nitrogen and oxygen atoms in total. The number of rotatable bonds is 4. The normalized spacial score (nSPS) is 23.9. The van der Waals surface area contributed by atoms with Crippen LogP contribution in [-0.4, -0.2) is 50.8 Å². The molecule has 0 saturated carbocycles. The maximum absolute atomic E-state index is 12.9. The first kappa shape index (κ1) is 16.9. The molecule has 0 aliphatic carbocycles. The van der Waals surface area contributed by atoms with Gasteiger partial charge in [-0.1, -0.05) is 13.0 Å². The van der Waals surface area contributed by atoms with Crippen molar-refractivity contribution in [2.75, 3.05) is 27.2 Å². The highest BCUT2D eigenvalue weighted by atomic mass is 79.9. The molecule has 1 saturated heterocycles. The molecule has 0 bridgehead atoms. The third kappa shape index (κ3) is 3.32. The van der Waals surface area contributed by atoms with Crippen molar-refractivity contribution in [1.82, 2.24) is 9.21 Å². The molecular formula is C14H22BrN3O2S. The maximum atomic E-state index is 12.9. The number of halogens is 1. The van der Waals surface area contributed by atoms with Crippen LogP contribution in [0.1, 0.15) is 12.5 Å². The highest BCUT2D eigenvalue weighted by Crippen LogP contribution is 2.30. The Balaban J connectivity index is 2.35.